The minimum Gasteiger partial charge on any atom is -0.439 e. The summed E-state index contributed by atoms with van der Waals surface area (Å²) in [5.74, 6) is -0.719. The maximum absolute atomic E-state index is 14.5. The van der Waals surface area contributed by atoms with Gasteiger partial charge in [-0.2, -0.15) is 0 Å². The van der Waals surface area contributed by atoms with Crippen molar-refractivity contribution < 1.29 is 31.5 Å². The lowest BCUT2D eigenvalue weighted by Crippen LogP contribution is -2.30. The highest BCUT2D eigenvalue weighted by molar-refractivity contribution is 5.94. The Labute approximate surface area is 186 Å². The van der Waals surface area contributed by atoms with E-state index in [-0.39, 0.29) is 17.0 Å². The van der Waals surface area contributed by atoms with Gasteiger partial charge in [-0.3, -0.25) is 9.78 Å². The second-order valence-electron chi connectivity index (χ2n) is 8.19. The maximum atomic E-state index is 14.5. The second-order valence-corrected chi connectivity index (χ2v) is 8.19. The number of nitrogens with zero attached hydrogens (tertiary/aromatic N) is 2. The number of hydrogen-bond acceptors (Lipinski definition) is 5. The molecule has 3 aromatic rings. The summed E-state index contributed by atoms with van der Waals surface area (Å²) in [6.07, 6.45) is 0.230. The quantitative estimate of drug-likeness (QED) is 0.511. The van der Waals surface area contributed by atoms with Crippen LogP contribution in [0.2, 0.25) is 0 Å². The Kier molecular flexibility index (Phi) is 5.30. The fourth-order valence-corrected chi connectivity index (χ4v) is 3.97. The summed E-state index contributed by atoms with van der Waals surface area (Å²) >= 11 is 0. The zero-order valence-corrected chi connectivity index (χ0v) is 17.3. The minimum absolute atomic E-state index is 0.0119. The van der Waals surface area contributed by atoms with E-state index in [9.17, 15) is 22.4 Å². The number of rotatable bonds is 5. The van der Waals surface area contributed by atoms with Crippen molar-refractivity contribution in [1.29, 1.82) is 0 Å². The fourth-order valence-electron chi connectivity index (χ4n) is 3.97. The van der Waals surface area contributed by atoms with Gasteiger partial charge in [-0.1, -0.05) is 6.07 Å². The van der Waals surface area contributed by atoms with Gasteiger partial charge in [0.1, 0.15) is 11.5 Å². The zero-order chi connectivity index (χ0) is 23.2. The van der Waals surface area contributed by atoms with Gasteiger partial charge >= 0.3 is 6.36 Å². The summed E-state index contributed by atoms with van der Waals surface area (Å²) in [5.41, 5.74) is 1.66. The molecule has 1 N–H and O–H groups in total. The molecule has 1 fully saturated rings. The molecule has 2 aromatic heterocycles. The topological polar surface area (TPSA) is 77.3 Å². The third kappa shape index (κ3) is 4.69. The van der Waals surface area contributed by atoms with Crippen molar-refractivity contribution in [1.82, 2.24) is 15.3 Å². The molecule has 2 heterocycles. The molecule has 172 valence electrons. The maximum Gasteiger partial charge on any atom is 0.573 e. The largest absolute Gasteiger partial charge is 0.573 e. The predicted molar refractivity (Wildman–Crippen MR) is 108 cm³/mol. The van der Waals surface area contributed by atoms with Crippen LogP contribution in [0, 0.1) is 5.82 Å². The summed E-state index contributed by atoms with van der Waals surface area (Å²) < 4.78 is 61.7. The number of nitrogens with one attached hydrogen (secondary N) is 1. The minimum atomic E-state index is -4.86. The first-order chi connectivity index (χ1) is 15.8. The highest BCUT2D eigenvalue weighted by atomic mass is 19.4. The zero-order valence-electron chi connectivity index (χ0n) is 17.3. The van der Waals surface area contributed by atoms with Crippen molar-refractivity contribution in [2.24, 2.45) is 0 Å². The molecule has 0 radical (unpaired) electrons. The van der Waals surface area contributed by atoms with Gasteiger partial charge < -0.3 is 14.5 Å². The number of fused-ring (bicyclic) bond motifs is 1. The average Bonchev–Trinajstić information content (AvgIpc) is 3.51. The van der Waals surface area contributed by atoms with Gasteiger partial charge in [0.2, 0.25) is 5.89 Å². The van der Waals surface area contributed by atoms with Crippen LogP contribution < -0.4 is 10.1 Å². The van der Waals surface area contributed by atoms with Gasteiger partial charge in [-0.05, 0) is 56.4 Å². The predicted octanol–water partition coefficient (Wildman–Crippen LogP) is 5.46. The van der Waals surface area contributed by atoms with E-state index in [1.807, 2.05) is 0 Å². The molecule has 0 bridgehead atoms. The molecule has 5 rings (SSSR count). The van der Waals surface area contributed by atoms with E-state index in [4.69, 9.17) is 4.42 Å². The van der Waals surface area contributed by atoms with E-state index in [2.05, 4.69) is 20.0 Å². The first-order valence-electron chi connectivity index (χ1n) is 10.6. The molecule has 1 amide bonds. The molecule has 0 aliphatic heterocycles. The summed E-state index contributed by atoms with van der Waals surface area (Å²) in [6, 6.07) is 5.94. The number of alkyl halides is 3. The monoisotopic (exact) mass is 461 g/mol. The molecule has 2 aliphatic rings. The number of ether oxygens (including phenoxy) is 1. The molecule has 33 heavy (non-hydrogen) atoms. The Morgan fingerprint density at radius 3 is 2.76 bits per heavy atom. The smallest absolute Gasteiger partial charge is 0.439 e. The lowest BCUT2D eigenvalue weighted by Gasteiger charge is -2.21. The van der Waals surface area contributed by atoms with Crippen molar-refractivity contribution in [3.05, 3.63) is 65.1 Å². The van der Waals surface area contributed by atoms with Crippen LogP contribution in [0.3, 0.4) is 0 Å². The molecule has 2 aliphatic carbocycles. The van der Waals surface area contributed by atoms with E-state index >= 15 is 0 Å². The van der Waals surface area contributed by atoms with Gasteiger partial charge in [0.25, 0.3) is 5.91 Å². The number of carbonyl (C=O) groups is 1. The highest BCUT2D eigenvalue weighted by Gasteiger charge is 2.32. The summed E-state index contributed by atoms with van der Waals surface area (Å²) in [4.78, 5) is 21.3. The summed E-state index contributed by atoms with van der Waals surface area (Å²) in [5, 5.41) is 2.78. The van der Waals surface area contributed by atoms with E-state index in [0.29, 0.717) is 36.6 Å². The Balaban J connectivity index is 1.38. The van der Waals surface area contributed by atoms with Crippen molar-refractivity contribution in [3.63, 3.8) is 0 Å². The van der Waals surface area contributed by atoms with Crippen LogP contribution in [0.1, 0.15) is 65.1 Å². The SMILES string of the molecule is O=C(N[C@H]1CCCc2nc(-c3cc(C4CC4)ncc3F)oc21)c1cccc(OC(F)(F)F)c1. The average molecular weight is 461 g/mol. The molecule has 0 saturated heterocycles. The fraction of sp³-hybridized carbons (Fsp3) is 0.348. The summed E-state index contributed by atoms with van der Waals surface area (Å²) in [7, 11) is 0. The molecule has 1 saturated carbocycles. The number of amides is 1. The van der Waals surface area contributed by atoms with Crippen LogP contribution in [-0.4, -0.2) is 22.2 Å². The third-order valence-electron chi connectivity index (χ3n) is 5.69. The van der Waals surface area contributed by atoms with Gasteiger partial charge in [0, 0.05) is 17.2 Å². The van der Waals surface area contributed by atoms with Gasteiger partial charge in [0.15, 0.2) is 5.82 Å². The van der Waals surface area contributed by atoms with Crippen molar-refractivity contribution >= 4 is 5.91 Å². The van der Waals surface area contributed by atoms with Crippen LogP contribution in [0.15, 0.2) is 40.9 Å². The number of halogens is 4. The van der Waals surface area contributed by atoms with E-state index in [0.717, 1.165) is 30.7 Å². The lowest BCUT2D eigenvalue weighted by atomic mass is 9.96. The number of carbonyl (C=O) groups excluding carboxylic acids is 1. The van der Waals surface area contributed by atoms with Crippen molar-refractivity contribution in [2.75, 3.05) is 0 Å². The van der Waals surface area contributed by atoms with E-state index in [1.165, 1.54) is 18.3 Å². The Morgan fingerprint density at radius 2 is 2.00 bits per heavy atom. The number of hydrogen-bond donors (Lipinski definition) is 1. The van der Waals surface area contributed by atoms with Crippen LogP contribution in [0.25, 0.3) is 11.5 Å². The molecule has 0 spiro atoms. The number of benzene rings is 1. The number of pyridine rings is 1. The summed E-state index contributed by atoms with van der Waals surface area (Å²) in [6.45, 7) is 0. The van der Waals surface area contributed by atoms with Crippen molar-refractivity contribution in [3.8, 4) is 17.2 Å². The van der Waals surface area contributed by atoms with E-state index < -0.39 is 29.9 Å². The Morgan fingerprint density at radius 1 is 1.18 bits per heavy atom. The first-order valence-corrected chi connectivity index (χ1v) is 10.6. The van der Waals surface area contributed by atoms with E-state index in [1.54, 1.807) is 6.07 Å². The standard InChI is InChI=1S/C23H19F4N3O3/c24-16-11-28-19(12-7-8-12)10-15(16)22-30-18-6-2-5-17(20(18)32-22)29-21(31)13-3-1-4-14(9-13)33-23(25,26)27/h1,3-4,9-12,17H,2,5-8H2,(H,29,31)/t17-/m0/s1. The normalized spacial score (nSPS) is 18.0. The van der Waals surface area contributed by atoms with Gasteiger partial charge in [0.05, 0.1) is 23.5 Å². The van der Waals surface area contributed by atoms with Crippen LogP contribution in [0.5, 0.6) is 5.75 Å². The molecular formula is C23H19F4N3O3. The molecule has 10 heteroatoms. The highest BCUT2D eigenvalue weighted by Crippen LogP contribution is 2.41. The Hall–Kier alpha value is -3.43. The van der Waals surface area contributed by atoms with Crippen LogP contribution in [-0.2, 0) is 6.42 Å². The van der Waals surface area contributed by atoms with Crippen LogP contribution in [0.4, 0.5) is 17.6 Å². The number of aromatic nitrogens is 2. The lowest BCUT2D eigenvalue weighted by molar-refractivity contribution is -0.274. The van der Waals surface area contributed by atoms with Gasteiger partial charge in [-0.15, -0.1) is 13.2 Å². The van der Waals surface area contributed by atoms with Crippen LogP contribution >= 0.6 is 0 Å². The third-order valence-corrected chi connectivity index (χ3v) is 5.69. The Bertz CT molecular complexity index is 1200. The molecule has 1 atom stereocenters. The first kappa shape index (κ1) is 21.4. The molecule has 1 aromatic carbocycles. The molecule has 6 nitrogen and oxygen atoms in total. The van der Waals surface area contributed by atoms with Gasteiger partial charge in [-0.25, -0.2) is 9.37 Å². The number of aryl methyl sites for hydroxylation is 1. The number of oxazole rings is 1. The van der Waals surface area contributed by atoms with Crippen molar-refractivity contribution in [2.45, 2.75) is 50.4 Å². The second kappa shape index (κ2) is 8.17. The molecule has 0 unspecified atom stereocenters. The molecular weight excluding hydrogens is 442 g/mol.